The molecule has 0 aliphatic rings. The van der Waals surface area contributed by atoms with Crippen LogP contribution in [0.25, 0.3) is 10.4 Å². The molecular formula is C10H9NOS. The second-order valence-electron chi connectivity index (χ2n) is 2.84. The minimum absolute atomic E-state index is 0.0281. The Morgan fingerprint density at radius 2 is 2.15 bits per heavy atom. The molecule has 2 nitrogen and oxygen atoms in total. The van der Waals surface area contributed by atoms with Gasteiger partial charge in [0, 0.05) is 29.8 Å². The molecule has 0 spiro atoms. The van der Waals surface area contributed by atoms with Crippen molar-refractivity contribution in [2.45, 2.75) is 0 Å². The molecule has 13 heavy (non-hydrogen) atoms. The fraction of sp³-hybridized carbons (Fsp3) is 0.100. The highest BCUT2D eigenvalue weighted by atomic mass is 32.1. The number of hydrogen-bond donors (Lipinski definition) is 0. The summed E-state index contributed by atoms with van der Waals surface area (Å²) in [7, 11) is 1.76. The van der Waals surface area contributed by atoms with Crippen LogP contribution in [-0.4, -0.2) is 4.57 Å². The van der Waals surface area contributed by atoms with Gasteiger partial charge in [0.05, 0.1) is 0 Å². The lowest BCUT2D eigenvalue weighted by atomic mass is 10.2. The SMILES string of the molecule is Cn1cc(-c2cccs2)ccc1=O. The van der Waals surface area contributed by atoms with Gasteiger partial charge >= 0.3 is 0 Å². The molecule has 0 amide bonds. The highest BCUT2D eigenvalue weighted by Gasteiger charge is 1.98. The normalized spacial score (nSPS) is 10.2. The number of hydrogen-bond acceptors (Lipinski definition) is 2. The van der Waals surface area contributed by atoms with Crippen molar-refractivity contribution in [1.29, 1.82) is 0 Å². The first-order chi connectivity index (χ1) is 6.27. The lowest BCUT2D eigenvalue weighted by molar-refractivity contribution is 0.863. The van der Waals surface area contributed by atoms with Gasteiger partial charge in [0.15, 0.2) is 0 Å². The predicted molar refractivity (Wildman–Crippen MR) is 55.0 cm³/mol. The number of aryl methyl sites for hydroxylation is 1. The molecule has 2 heterocycles. The summed E-state index contributed by atoms with van der Waals surface area (Å²) in [5.41, 5.74) is 1.12. The monoisotopic (exact) mass is 191 g/mol. The molecule has 0 fully saturated rings. The maximum Gasteiger partial charge on any atom is 0.250 e. The first-order valence-corrected chi connectivity index (χ1v) is 4.86. The van der Waals surface area contributed by atoms with Crippen molar-refractivity contribution in [2.75, 3.05) is 0 Å². The average Bonchev–Trinajstić information content (AvgIpc) is 2.62. The van der Waals surface area contributed by atoms with Crippen molar-refractivity contribution in [3.8, 4) is 10.4 Å². The highest BCUT2D eigenvalue weighted by molar-refractivity contribution is 7.13. The van der Waals surface area contributed by atoms with Crippen LogP contribution in [0, 0.1) is 0 Å². The zero-order valence-corrected chi connectivity index (χ0v) is 8.04. The Morgan fingerprint density at radius 1 is 1.31 bits per heavy atom. The predicted octanol–water partition coefficient (Wildman–Crippen LogP) is 2.11. The number of nitrogens with zero attached hydrogens (tertiary/aromatic N) is 1. The first-order valence-electron chi connectivity index (χ1n) is 3.98. The third-order valence-corrected chi connectivity index (χ3v) is 2.81. The Bertz CT molecular complexity index is 456. The molecule has 0 radical (unpaired) electrons. The standard InChI is InChI=1S/C10H9NOS/c1-11-7-8(4-5-10(11)12)9-3-2-6-13-9/h2-7H,1H3. The van der Waals surface area contributed by atoms with E-state index in [0.717, 1.165) is 5.56 Å². The summed E-state index contributed by atoms with van der Waals surface area (Å²) in [6.45, 7) is 0. The van der Waals surface area contributed by atoms with Crippen LogP contribution < -0.4 is 5.56 Å². The largest absolute Gasteiger partial charge is 0.318 e. The lowest BCUT2D eigenvalue weighted by Gasteiger charge is -1.99. The Labute approximate surface area is 80.1 Å². The molecule has 2 aromatic rings. The molecule has 0 aliphatic carbocycles. The quantitative estimate of drug-likeness (QED) is 0.676. The molecule has 66 valence electrons. The van der Waals surface area contributed by atoms with Crippen LogP contribution in [0.2, 0.25) is 0 Å². The molecule has 2 rings (SSSR count). The van der Waals surface area contributed by atoms with Gasteiger partial charge in [-0.25, -0.2) is 0 Å². The molecule has 3 heteroatoms. The Balaban J connectivity index is 2.55. The van der Waals surface area contributed by atoms with E-state index < -0.39 is 0 Å². The molecule has 0 aliphatic heterocycles. The highest BCUT2D eigenvalue weighted by Crippen LogP contribution is 2.22. The second kappa shape index (κ2) is 3.18. The van der Waals surface area contributed by atoms with Gasteiger partial charge in [-0.2, -0.15) is 0 Å². The van der Waals surface area contributed by atoms with Crippen molar-refractivity contribution in [3.05, 3.63) is 46.2 Å². The zero-order chi connectivity index (χ0) is 9.26. The van der Waals surface area contributed by atoms with Gasteiger partial charge in [0.2, 0.25) is 5.56 Å². The Kier molecular flexibility index (Phi) is 2.02. The number of aromatic nitrogens is 1. The van der Waals surface area contributed by atoms with Crippen LogP contribution in [-0.2, 0) is 7.05 Å². The number of rotatable bonds is 1. The molecule has 0 N–H and O–H groups in total. The maximum atomic E-state index is 11.1. The van der Waals surface area contributed by atoms with E-state index in [4.69, 9.17) is 0 Å². The first kappa shape index (κ1) is 8.26. The van der Waals surface area contributed by atoms with E-state index in [2.05, 4.69) is 0 Å². The molecule has 0 saturated carbocycles. The third-order valence-electron chi connectivity index (χ3n) is 1.89. The van der Waals surface area contributed by atoms with Gasteiger partial charge in [0.25, 0.3) is 0 Å². The van der Waals surface area contributed by atoms with Crippen molar-refractivity contribution >= 4 is 11.3 Å². The topological polar surface area (TPSA) is 22.0 Å². The molecule has 2 aromatic heterocycles. The van der Waals surface area contributed by atoms with Crippen molar-refractivity contribution in [1.82, 2.24) is 4.57 Å². The smallest absolute Gasteiger partial charge is 0.250 e. The van der Waals surface area contributed by atoms with Crippen LogP contribution >= 0.6 is 11.3 Å². The average molecular weight is 191 g/mol. The second-order valence-corrected chi connectivity index (χ2v) is 3.79. The van der Waals surface area contributed by atoms with E-state index in [1.807, 2.05) is 29.8 Å². The van der Waals surface area contributed by atoms with E-state index in [1.54, 1.807) is 29.0 Å². The van der Waals surface area contributed by atoms with Gasteiger partial charge < -0.3 is 4.57 Å². The van der Waals surface area contributed by atoms with Gasteiger partial charge in [-0.15, -0.1) is 11.3 Å². The summed E-state index contributed by atoms with van der Waals surface area (Å²) in [4.78, 5) is 12.3. The zero-order valence-electron chi connectivity index (χ0n) is 7.23. The van der Waals surface area contributed by atoms with E-state index in [0.29, 0.717) is 0 Å². The third kappa shape index (κ3) is 1.55. The molecule has 0 aromatic carbocycles. The van der Waals surface area contributed by atoms with Gasteiger partial charge in [-0.1, -0.05) is 6.07 Å². The summed E-state index contributed by atoms with van der Waals surface area (Å²) in [6, 6.07) is 7.50. The molecule has 0 atom stereocenters. The minimum Gasteiger partial charge on any atom is -0.318 e. The summed E-state index contributed by atoms with van der Waals surface area (Å²) in [6.07, 6.45) is 1.86. The molecular weight excluding hydrogens is 182 g/mol. The van der Waals surface area contributed by atoms with Crippen molar-refractivity contribution in [2.24, 2.45) is 7.05 Å². The van der Waals surface area contributed by atoms with Crippen LogP contribution in [0.3, 0.4) is 0 Å². The maximum absolute atomic E-state index is 11.1. The summed E-state index contributed by atoms with van der Waals surface area (Å²) >= 11 is 1.68. The van der Waals surface area contributed by atoms with Crippen LogP contribution in [0.15, 0.2) is 40.6 Å². The van der Waals surface area contributed by atoms with Gasteiger partial charge in [0.1, 0.15) is 0 Å². The van der Waals surface area contributed by atoms with Gasteiger partial charge in [-0.3, -0.25) is 4.79 Å². The summed E-state index contributed by atoms with van der Waals surface area (Å²) < 4.78 is 1.59. The van der Waals surface area contributed by atoms with Crippen LogP contribution in [0.4, 0.5) is 0 Å². The number of thiophene rings is 1. The lowest BCUT2D eigenvalue weighted by Crippen LogP contribution is -2.13. The van der Waals surface area contributed by atoms with Gasteiger partial charge in [-0.05, 0) is 17.5 Å². The van der Waals surface area contributed by atoms with Crippen LogP contribution in [0.1, 0.15) is 0 Å². The van der Waals surface area contributed by atoms with Crippen molar-refractivity contribution in [3.63, 3.8) is 0 Å². The summed E-state index contributed by atoms with van der Waals surface area (Å²) in [5, 5.41) is 2.03. The fourth-order valence-electron chi connectivity index (χ4n) is 1.18. The molecule has 0 saturated heterocycles. The van der Waals surface area contributed by atoms with Crippen LogP contribution in [0.5, 0.6) is 0 Å². The fourth-order valence-corrected chi connectivity index (χ4v) is 1.90. The van der Waals surface area contributed by atoms with E-state index >= 15 is 0 Å². The Hall–Kier alpha value is -1.35. The van der Waals surface area contributed by atoms with E-state index in [1.165, 1.54) is 4.88 Å². The summed E-state index contributed by atoms with van der Waals surface area (Å²) in [5.74, 6) is 0. The molecule has 0 bridgehead atoms. The van der Waals surface area contributed by atoms with E-state index in [9.17, 15) is 4.79 Å². The number of pyridine rings is 1. The van der Waals surface area contributed by atoms with Crippen molar-refractivity contribution < 1.29 is 0 Å². The minimum atomic E-state index is 0.0281. The Morgan fingerprint density at radius 3 is 2.77 bits per heavy atom. The van der Waals surface area contributed by atoms with E-state index in [-0.39, 0.29) is 5.56 Å². The molecule has 0 unspecified atom stereocenters.